The van der Waals surface area contributed by atoms with E-state index in [1.54, 1.807) is 48.1 Å². The van der Waals surface area contributed by atoms with Gasteiger partial charge in [0.15, 0.2) is 16.0 Å². The molecule has 0 amide bonds. The van der Waals surface area contributed by atoms with E-state index in [1.165, 1.54) is 0 Å². The van der Waals surface area contributed by atoms with Gasteiger partial charge in [-0.3, -0.25) is 0 Å². The molecule has 0 saturated carbocycles. The number of hydrogen-bond donors (Lipinski definition) is 0. The number of piperazine rings is 3. The van der Waals surface area contributed by atoms with Crippen molar-refractivity contribution in [1.29, 1.82) is 0 Å². The van der Waals surface area contributed by atoms with Crippen molar-refractivity contribution in [2.24, 2.45) is 0 Å². The first-order valence-corrected chi connectivity index (χ1v) is 3.40. The van der Waals surface area contributed by atoms with Crippen molar-refractivity contribution in [3.63, 3.8) is 0 Å². The Morgan fingerprint density at radius 3 is 1.00 bits per heavy atom. The maximum absolute atomic E-state index is 1.64. The highest BCUT2D eigenvalue weighted by Crippen LogP contribution is 2.20. The molecule has 0 aliphatic carbocycles. The Morgan fingerprint density at radius 1 is 0.600 bits per heavy atom. The third kappa shape index (κ3) is 0.903. The van der Waals surface area contributed by atoms with Crippen LogP contribution in [0.4, 0.5) is 0 Å². The average Bonchev–Trinajstić information content (AvgIpc) is 1.93. The van der Waals surface area contributed by atoms with Gasteiger partial charge in [-0.05, 0) is 0 Å². The molecule has 4 heteroatoms. The van der Waals surface area contributed by atoms with Crippen LogP contribution in [0.2, 0.25) is 0 Å². The summed E-state index contributed by atoms with van der Waals surface area (Å²) < 4.78 is 3.29. The zero-order chi connectivity index (χ0) is 7.24. The first-order valence-electron chi connectivity index (χ1n) is 3.40. The van der Waals surface area contributed by atoms with Crippen LogP contribution in [0, 0.1) is 0 Å². The molecule has 2 nitrogen and oxygen atoms in total. The fourth-order valence-corrected chi connectivity index (χ4v) is 1.52. The lowest BCUT2D eigenvalue weighted by Crippen LogP contribution is -2.73. The summed E-state index contributed by atoms with van der Waals surface area (Å²) in [7, 11) is 1.19. The third-order valence-electron chi connectivity index (χ3n) is 2.20. The number of nitrogens with zero attached hydrogens (tertiary/aromatic N) is 2. The van der Waals surface area contributed by atoms with Crippen LogP contribution in [0.1, 0.15) is 0 Å². The molecule has 0 radical (unpaired) electrons. The largest absolute Gasteiger partial charge is 0.509 e. The van der Waals surface area contributed by atoms with Gasteiger partial charge in [-0.15, -0.1) is 0 Å². The van der Waals surface area contributed by atoms with Gasteiger partial charge in [0.2, 0.25) is 0 Å². The molecule has 3 aliphatic heterocycles. The molecular weight excluding hydrogens is 122 g/mol. The van der Waals surface area contributed by atoms with Crippen LogP contribution in [-0.4, -0.2) is 64.0 Å². The molecule has 0 aromatic carbocycles. The molecule has 0 aromatic heterocycles. The summed E-state index contributed by atoms with van der Waals surface area (Å²) in [5.74, 6) is 0. The van der Waals surface area contributed by atoms with Crippen LogP contribution in [-0.2, 0) is 0 Å². The van der Waals surface area contributed by atoms with Crippen molar-refractivity contribution in [2.45, 2.75) is 0 Å². The molecule has 0 aromatic rings. The van der Waals surface area contributed by atoms with E-state index < -0.39 is 0 Å². The Hall–Kier alpha value is 0.0499. The van der Waals surface area contributed by atoms with Crippen LogP contribution in [0.3, 0.4) is 0 Å². The van der Waals surface area contributed by atoms with E-state index >= 15 is 0 Å². The summed E-state index contributed by atoms with van der Waals surface area (Å²) in [6, 6.07) is 0. The van der Waals surface area contributed by atoms with Gasteiger partial charge in [0.25, 0.3) is 0 Å². The molecule has 58 valence electrons. The Bertz CT molecular complexity index is 117. The van der Waals surface area contributed by atoms with Crippen LogP contribution >= 0.6 is 0 Å². The van der Waals surface area contributed by atoms with Crippen LogP contribution in [0.15, 0.2) is 0 Å². The van der Waals surface area contributed by atoms with Gasteiger partial charge in [0.05, 0.1) is 39.3 Å². The minimum Gasteiger partial charge on any atom is -0.509 e. The highest BCUT2D eigenvalue weighted by atomic mass is 15.5. The fraction of sp³-hybridized carbons (Fsp3) is 1.00. The Balaban J connectivity index is 2.16. The zero-order valence-corrected chi connectivity index (χ0v) is 5.14. The standard InChI is InChI=1S/C6H18B2N2/c7-9-1-2-10(8,5-3-9)6-4-9/h1-6H2,7-8H3. The maximum Gasteiger partial charge on any atom is 0.169 e. The van der Waals surface area contributed by atoms with Gasteiger partial charge in [0.1, 0.15) is 0 Å². The van der Waals surface area contributed by atoms with Gasteiger partial charge < -0.3 is 8.79 Å². The normalized spacial score (nSPS) is 53.4. The van der Waals surface area contributed by atoms with Gasteiger partial charge >= 0.3 is 0 Å². The van der Waals surface area contributed by atoms with Crippen LogP contribution < -0.4 is 0 Å². The predicted molar refractivity (Wildman–Crippen MR) is 49.6 cm³/mol. The quantitative estimate of drug-likeness (QED) is 0.319. The lowest BCUT2D eigenvalue weighted by Gasteiger charge is -2.62. The second-order valence-corrected chi connectivity index (χ2v) is 2.68. The van der Waals surface area contributed by atoms with E-state index in [2.05, 4.69) is 0 Å². The van der Waals surface area contributed by atoms with Crippen molar-refractivity contribution in [2.75, 3.05) is 39.3 Å². The number of hydrogen-bond acceptors (Lipinski definition) is 0. The summed E-state index contributed by atoms with van der Waals surface area (Å²) in [4.78, 5) is 0. The SMILES string of the molecule is [BH3-][N+]12CC[N+]([BH3-])(CC1)CC2. The Labute approximate surface area is 64.8 Å². The highest BCUT2D eigenvalue weighted by Gasteiger charge is 2.35. The summed E-state index contributed by atoms with van der Waals surface area (Å²) in [5.41, 5.74) is 0. The van der Waals surface area contributed by atoms with Crippen molar-refractivity contribution in [3.8, 4) is 0 Å². The van der Waals surface area contributed by atoms with Crippen molar-refractivity contribution >= 4 is 16.0 Å². The zero-order valence-electron chi connectivity index (χ0n) is 5.14. The van der Waals surface area contributed by atoms with Crippen molar-refractivity contribution < 1.29 is 8.79 Å². The van der Waals surface area contributed by atoms with E-state index in [9.17, 15) is 0 Å². The predicted octanol–water partition coefficient (Wildman–Crippen LogP) is -2.79. The van der Waals surface area contributed by atoms with E-state index in [0.717, 1.165) is 0 Å². The van der Waals surface area contributed by atoms with Crippen molar-refractivity contribution in [3.05, 3.63) is 0 Å². The van der Waals surface area contributed by atoms with Gasteiger partial charge in [0, 0.05) is 0 Å². The monoisotopic (exact) mass is 140 g/mol. The fourth-order valence-electron chi connectivity index (χ4n) is 1.52. The minimum atomic E-state index is 0.595. The summed E-state index contributed by atoms with van der Waals surface area (Å²) in [6.45, 7) is 9.52. The molecule has 3 aliphatic rings. The van der Waals surface area contributed by atoms with Crippen LogP contribution in [0.25, 0.3) is 0 Å². The number of quaternary nitrogens is 2. The first kappa shape index (κ1) is 6.74. The Kier molecular flexibility index (Phi) is 1.21. The van der Waals surface area contributed by atoms with Crippen molar-refractivity contribution in [1.82, 2.24) is 0 Å². The third-order valence-corrected chi connectivity index (χ3v) is 2.20. The van der Waals surface area contributed by atoms with E-state index in [0.29, 0.717) is 16.0 Å². The molecule has 3 fully saturated rings. The molecule has 0 N–H and O–H groups in total. The summed E-state index contributed by atoms with van der Waals surface area (Å²) >= 11 is 0. The molecule has 3 saturated heterocycles. The molecule has 0 atom stereocenters. The summed E-state index contributed by atoms with van der Waals surface area (Å²) in [6.07, 6.45) is 0. The maximum atomic E-state index is 1.64. The Morgan fingerprint density at radius 2 is 0.800 bits per heavy atom. The van der Waals surface area contributed by atoms with Gasteiger partial charge in [-0.25, -0.2) is 0 Å². The minimum absolute atomic E-state index is 0.595. The second kappa shape index (κ2) is 1.80. The lowest BCUT2D eigenvalue weighted by molar-refractivity contribution is -0.983. The number of rotatable bonds is 0. The average molecular weight is 140 g/mol. The topological polar surface area (TPSA) is 0 Å². The second-order valence-electron chi connectivity index (χ2n) is 2.68. The van der Waals surface area contributed by atoms with E-state index in [1.807, 2.05) is 0 Å². The lowest BCUT2D eigenvalue weighted by atomic mass is 9.96. The molecule has 0 spiro atoms. The van der Waals surface area contributed by atoms with Gasteiger partial charge in [-0.2, -0.15) is 0 Å². The molecule has 0 unspecified atom stereocenters. The smallest absolute Gasteiger partial charge is 0.169 e. The number of fused-ring (bicyclic) bond motifs is 3. The summed E-state index contributed by atoms with van der Waals surface area (Å²) in [5, 5.41) is 0. The molecule has 10 heavy (non-hydrogen) atoms. The van der Waals surface area contributed by atoms with E-state index in [4.69, 9.17) is 0 Å². The van der Waals surface area contributed by atoms with E-state index in [-0.39, 0.29) is 0 Å². The first-order chi connectivity index (χ1) is 4.62. The van der Waals surface area contributed by atoms with Gasteiger partial charge in [-0.1, -0.05) is 0 Å². The molecular formula is C6H18B2N2. The molecule has 3 rings (SSSR count). The molecule has 3 heterocycles. The molecule has 2 bridgehead atoms. The van der Waals surface area contributed by atoms with Crippen LogP contribution in [0.5, 0.6) is 0 Å². The highest BCUT2D eigenvalue weighted by molar-refractivity contribution is 5.99.